The molecule has 2 aromatic carbocycles. The Kier molecular flexibility index (Phi) is 3.54. The third-order valence-electron chi connectivity index (χ3n) is 3.84. The lowest BCUT2D eigenvalue weighted by molar-refractivity contribution is 0.0191. The average Bonchev–Trinajstić information content (AvgIpc) is 2.55. The normalized spacial score (nSPS) is 20.7. The van der Waals surface area contributed by atoms with Crippen LogP contribution >= 0.6 is 0 Å². The highest BCUT2D eigenvalue weighted by atomic mass is 16.2. The summed E-state index contributed by atoms with van der Waals surface area (Å²) in [6.07, 6.45) is -0.551. The molecule has 1 aliphatic heterocycles. The van der Waals surface area contributed by atoms with Crippen molar-refractivity contribution in [2.75, 3.05) is 6.54 Å². The van der Waals surface area contributed by atoms with Crippen molar-refractivity contribution < 1.29 is 9.59 Å². The number of carbonyl (C=O) groups is 2. The first-order chi connectivity index (χ1) is 10.2. The van der Waals surface area contributed by atoms with E-state index in [1.54, 1.807) is 29.2 Å². The number of Topliss-reactive ketones (excluding diaryl/α,β-unsaturated/α-hetero) is 1. The summed E-state index contributed by atoms with van der Waals surface area (Å²) in [5.74, 6) is -0.444. The SMILES string of the molecule is NC1C(C(=O)c2ccccc2)CN1C(=O)c1ccccc1. The molecule has 4 nitrogen and oxygen atoms in total. The topological polar surface area (TPSA) is 63.4 Å². The van der Waals surface area contributed by atoms with Crippen LogP contribution in [-0.4, -0.2) is 29.3 Å². The van der Waals surface area contributed by atoms with Crippen LogP contribution in [0, 0.1) is 5.92 Å². The molecule has 106 valence electrons. The minimum Gasteiger partial charge on any atom is -0.322 e. The van der Waals surface area contributed by atoms with E-state index in [1.807, 2.05) is 36.4 Å². The van der Waals surface area contributed by atoms with Crippen LogP contribution in [0.25, 0.3) is 0 Å². The van der Waals surface area contributed by atoms with Crippen LogP contribution in [0.5, 0.6) is 0 Å². The molecule has 21 heavy (non-hydrogen) atoms. The third-order valence-corrected chi connectivity index (χ3v) is 3.84. The maximum absolute atomic E-state index is 12.3. The second kappa shape index (κ2) is 5.50. The number of hydrogen-bond donors (Lipinski definition) is 1. The molecule has 2 aromatic rings. The Balaban J connectivity index is 1.70. The van der Waals surface area contributed by atoms with E-state index < -0.39 is 6.17 Å². The Morgan fingerprint density at radius 3 is 1.95 bits per heavy atom. The lowest BCUT2D eigenvalue weighted by Crippen LogP contribution is -2.65. The van der Waals surface area contributed by atoms with Crippen molar-refractivity contribution in [2.24, 2.45) is 11.7 Å². The van der Waals surface area contributed by atoms with Gasteiger partial charge in [-0.1, -0.05) is 48.5 Å². The predicted molar refractivity (Wildman–Crippen MR) is 79.7 cm³/mol. The van der Waals surface area contributed by atoms with E-state index in [9.17, 15) is 9.59 Å². The fourth-order valence-electron chi connectivity index (χ4n) is 2.54. The molecule has 3 rings (SSSR count). The van der Waals surface area contributed by atoms with E-state index in [0.29, 0.717) is 17.7 Å². The number of nitrogens with two attached hydrogens (primary N) is 1. The molecular weight excluding hydrogens is 264 g/mol. The Hall–Kier alpha value is -2.46. The molecule has 0 bridgehead atoms. The summed E-state index contributed by atoms with van der Waals surface area (Å²) in [5.41, 5.74) is 7.27. The van der Waals surface area contributed by atoms with Gasteiger partial charge in [-0.2, -0.15) is 0 Å². The van der Waals surface area contributed by atoms with Crippen molar-refractivity contribution in [1.29, 1.82) is 0 Å². The van der Waals surface area contributed by atoms with Crippen molar-refractivity contribution in [2.45, 2.75) is 6.17 Å². The second-order valence-corrected chi connectivity index (χ2v) is 5.15. The number of rotatable bonds is 3. The molecule has 1 amide bonds. The molecule has 2 atom stereocenters. The lowest BCUT2D eigenvalue weighted by Gasteiger charge is -2.45. The fourth-order valence-corrected chi connectivity index (χ4v) is 2.54. The molecular formula is C17H16N2O2. The highest BCUT2D eigenvalue weighted by Crippen LogP contribution is 2.26. The first kappa shape index (κ1) is 13.5. The summed E-state index contributed by atoms with van der Waals surface area (Å²) in [4.78, 5) is 26.1. The molecule has 4 heteroatoms. The zero-order valence-corrected chi connectivity index (χ0v) is 11.5. The minimum atomic E-state index is -0.551. The molecule has 0 aliphatic carbocycles. The predicted octanol–water partition coefficient (Wildman–Crippen LogP) is 1.93. The molecule has 0 radical (unpaired) electrons. The van der Waals surface area contributed by atoms with Crippen LogP contribution in [0.2, 0.25) is 0 Å². The zero-order chi connectivity index (χ0) is 14.8. The molecule has 1 saturated heterocycles. The Morgan fingerprint density at radius 2 is 1.43 bits per heavy atom. The van der Waals surface area contributed by atoms with E-state index in [0.717, 1.165) is 0 Å². The minimum absolute atomic E-state index is 0.000196. The van der Waals surface area contributed by atoms with Gasteiger partial charge in [0.05, 0.1) is 12.1 Å². The molecule has 2 unspecified atom stereocenters. The van der Waals surface area contributed by atoms with Crippen molar-refractivity contribution >= 4 is 11.7 Å². The molecule has 0 aromatic heterocycles. The van der Waals surface area contributed by atoms with Crippen molar-refractivity contribution in [3.05, 3.63) is 71.8 Å². The number of likely N-dealkylation sites (tertiary alicyclic amines) is 1. The van der Waals surface area contributed by atoms with Crippen LogP contribution in [0.3, 0.4) is 0 Å². The quantitative estimate of drug-likeness (QED) is 0.874. The molecule has 1 aliphatic rings. The Labute approximate surface area is 123 Å². The Bertz CT molecular complexity index is 598. The monoisotopic (exact) mass is 280 g/mol. The van der Waals surface area contributed by atoms with Crippen molar-refractivity contribution in [1.82, 2.24) is 4.90 Å². The van der Waals surface area contributed by atoms with Gasteiger partial charge >= 0.3 is 0 Å². The summed E-state index contributed by atoms with van der Waals surface area (Å²) < 4.78 is 0. The average molecular weight is 280 g/mol. The van der Waals surface area contributed by atoms with E-state index in [1.165, 1.54) is 0 Å². The van der Waals surface area contributed by atoms with E-state index >= 15 is 0 Å². The lowest BCUT2D eigenvalue weighted by atomic mass is 9.86. The van der Waals surface area contributed by atoms with Crippen LogP contribution in [0.4, 0.5) is 0 Å². The number of carbonyl (C=O) groups excluding carboxylic acids is 2. The highest BCUT2D eigenvalue weighted by molar-refractivity contribution is 6.01. The number of ketones is 1. The van der Waals surface area contributed by atoms with Gasteiger partial charge in [0.1, 0.15) is 0 Å². The van der Waals surface area contributed by atoms with Gasteiger partial charge in [-0.25, -0.2) is 0 Å². The molecule has 1 fully saturated rings. The standard InChI is InChI=1S/C17H16N2O2/c18-16-14(15(20)12-7-3-1-4-8-12)11-19(16)17(21)13-9-5-2-6-10-13/h1-10,14,16H,11,18H2. The van der Waals surface area contributed by atoms with Crippen molar-refractivity contribution in [3.8, 4) is 0 Å². The van der Waals surface area contributed by atoms with E-state index in [2.05, 4.69) is 0 Å². The summed E-state index contributed by atoms with van der Waals surface area (Å²) in [6, 6.07) is 18.0. The molecule has 0 saturated carbocycles. The maximum Gasteiger partial charge on any atom is 0.255 e. The molecule has 0 spiro atoms. The summed E-state index contributed by atoms with van der Waals surface area (Å²) in [7, 11) is 0. The number of nitrogens with zero attached hydrogens (tertiary/aromatic N) is 1. The number of hydrogen-bond acceptors (Lipinski definition) is 3. The highest BCUT2D eigenvalue weighted by Gasteiger charge is 2.43. The first-order valence-electron chi connectivity index (χ1n) is 6.89. The summed E-state index contributed by atoms with van der Waals surface area (Å²) in [5, 5.41) is 0. The van der Waals surface area contributed by atoms with Gasteiger partial charge < -0.3 is 10.6 Å². The largest absolute Gasteiger partial charge is 0.322 e. The summed E-state index contributed by atoms with van der Waals surface area (Å²) >= 11 is 0. The van der Waals surface area contributed by atoms with E-state index in [-0.39, 0.29) is 17.6 Å². The van der Waals surface area contributed by atoms with Gasteiger partial charge in [0.15, 0.2) is 5.78 Å². The van der Waals surface area contributed by atoms with Gasteiger partial charge in [0.25, 0.3) is 5.91 Å². The van der Waals surface area contributed by atoms with Gasteiger partial charge in [0, 0.05) is 17.7 Å². The summed E-state index contributed by atoms with van der Waals surface area (Å²) in [6.45, 7) is 0.378. The van der Waals surface area contributed by atoms with Crippen LogP contribution in [0.1, 0.15) is 20.7 Å². The van der Waals surface area contributed by atoms with Gasteiger partial charge in [-0.15, -0.1) is 0 Å². The van der Waals surface area contributed by atoms with Crippen molar-refractivity contribution in [3.63, 3.8) is 0 Å². The fraction of sp³-hybridized carbons (Fsp3) is 0.176. The number of benzene rings is 2. The third kappa shape index (κ3) is 2.45. The van der Waals surface area contributed by atoms with Gasteiger partial charge in [0.2, 0.25) is 0 Å². The van der Waals surface area contributed by atoms with Gasteiger partial charge in [-0.05, 0) is 12.1 Å². The maximum atomic E-state index is 12.3. The molecule has 2 N–H and O–H groups in total. The van der Waals surface area contributed by atoms with Crippen LogP contribution in [-0.2, 0) is 0 Å². The first-order valence-corrected chi connectivity index (χ1v) is 6.89. The van der Waals surface area contributed by atoms with Crippen LogP contribution in [0.15, 0.2) is 60.7 Å². The Morgan fingerprint density at radius 1 is 0.905 bits per heavy atom. The number of amides is 1. The smallest absolute Gasteiger partial charge is 0.255 e. The molecule has 1 heterocycles. The second-order valence-electron chi connectivity index (χ2n) is 5.15. The van der Waals surface area contributed by atoms with Crippen LogP contribution < -0.4 is 5.73 Å². The zero-order valence-electron chi connectivity index (χ0n) is 11.5. The van der Waals surface area contributed by atoms with E-state index in [4.69, 9.17) is 5.73 Å². The van der Waals surface area contributed by atoms with Gasteiger partial charge in [-0.3, -0.25) is 9.59 Å².